The van der Waals surface area contributed by atoms with E-state index in [9.17, 15) is 13.2 Å². The van der Waals surface area contributed by atoms with Crippen LogP contribution in [0.1, 0.15) is 49.0 Å². The molecule has 1 unspecified atom stereocenters. The number of amides is 1. The van der Waals surface area contributed by atoms with Crippen LogP contribution in [-0.4, -0.2) is 54.1 Å². The van der Waals surface area contributed by atoms with E-state index in [1.54, 1.807) is 4.90 Å². The first-order chi connectivity index (χ1) is 17.8. The van der Waals surface area contributed by atoms with Crippen LogP contribution < -0.4 is 0 Å². The summed E-state index contributed by atoms with van der Waals surface area (Å²) >= 11 is 0. The molecule has 2 aliphatic rings. The number of pyridine rings is 1. The molecule has 5 rings (SSSR count). The number of carbonyl (C=O) groups excluding carboxylic acids is 1. The van der Waals surface area contributed by atoms with E-state index >= 15 is 0 Å². The predicted octanol–water partition coefficient (Wildman–Crippen LogP) is 5.28. The van der Waals surface area contributed by atoms with E-state index in [0.717, 1.165) is 27.9 Å². The largest absolute Gasteiger partial charge is 0.438 e. The summed E-state index contributed by atoms with van der Waals surface area (Å²) in [4.78, 5) is 19.4. The number of aromatic nitrogens is 1. The van der Waals surface area contributed by atoms with Crippen LogP contribution in [0.4, 0.5) is 4.79 Å². The SMILES string of the molecule is Cc1cc(-c2ccc([C@H](C)N3CCC(CCN4CCCS4(=O)=O)(c4ccccc4)OC3=O)cc2)ccn1. The molecule has 37 heavy (non-hydrogen) atoms. The number of aryl methyl sites for hydroxylation is 1. The maximum absolute atomic E-state index is 13.4. The van der Waals surface area contributed by atoms with E-state index in [-0.39, 0.29) is 17.9 Å². The first-order valence-electron chi connectivity index (χ1n) is 12.8. The molecule has 2 saturated heterocycles. The van der Waals surface area contributed by atoms with Crippen molar-refractivity contribution >= 4 is 16.1 Å². The number of cyclic esters (lactones) is 1. The third-order valence-corrected chi connectivity index (χ3v) is 9.59. The summed E-state index contributed by atoms with van der Waals surface area (Å²) in [6.07, 6.45) is 3.11. The van der Waals surface area contributed by atoms with E-state index < -0.39 is 15.6 Å². The van der Waals surface area contributed by atoms with Crippen molar-refractivity contribution in [3.05, 3.63) is 89.7 Å². The second kappa shape index (κ2) is 10.3. The Morgan fingerprint density at radius 3 is 2.43 bits per heavy atom. The first kappa shape index (κ1) is 25.4. The molecule has 3 aromatic rings. The second-order valence-electron chi connectivity index (χ2n) is 9.97. The van der Waals surface area contributed by atoms with Crippen molar-refractivity contribution in [2.45, 2.75) is 44.8 Å². The molecule has 0 bridgehead atoms. The highest BCUT2D eigenvalue weighted by Crippen LogP contribution is 2.40. The van der Waals surface area contributed by atoms with Crippen LogP contribution in [0.15, 0.2) is 72.9 Å². The molecule has 0 aliphatic carbocycles. The Balaban J connectivity index is 1.33. The lowest BCUT2D eigenvalue weighted by Gasteiger charge is -2.44. The van der Waals surface area contributed by atoms with Crippen LogP contribution in [0, 0.1) is 6.92 Å². The Morgan fingerprint density at radius 1 is 1.03 bits per heavy atom. The molecule has 2 atom stereocenters. The zero-order valence-electron chi connectivity index (χ0n) is 21.3. The van der Waals surface area contributed by atoms with Gasteiger partial charge in [-0.05, 0) is 54.7 Å². The second-order valence-corrected chi connectivity index (χ2v) is 12.1. The number of hydrogen-bond acceptors (Lipinski definition) is 5. The summed E-state index contributed by atoms with van der Waals surface area (Å²) in [5.74, 6) is 0.190. The van der Waals surface area contributed by atoms with Crippen molar-refractivity contribution < 1.29 is 17.9 Å². The van der Waals surface area contributed by atoms with Gasteiger partial charge in [-0.2, -0.15) is 0 Å². The van der Waals surface area contributed by atoms with Gasteiger partial charge in [-0.1, -0.05) is 54.6 Å². The standard InChI is InChI=1S/C29H33N3O4S/c1-22-21-26(13-16-30-22)25-11-9-24(10-12-25)23(2)32-19-15-29(36-28(32)33,27-7-4-3-5-8-27)14-18-31-17-6-20-37(31,34)35/h3-5,7-13,16,21,23H,6,14-15,17-20H2,1-2H3/t23-,29?/m0/s1. The Morgan fingerprint density at radius 2 is 1.78 bits per heavy atom. The zero-order chi connectivity index (χ0) is 26.0. The maximum atomic E-state index is 13.4. The van der Waals surface area contributed by atoms with Gasteiger partial charge in [0.2, 0.25) is 10.0 Å². The highest BCUT2D eigenvalue weighted by molar-refractivity contribution is 7.89. The molecule has 8 heteroatoms. The molecule has 194 valence electrons. The minimum absolute atomic E-state index is 0.159. The van der Waals surface area contributed by atoms with Gasteiger partial charge in [-0.25, -0.2) is 17.5 Å². The Hall–Kier alpha value is -3.23. The number of sulfonamides is 1. The molecule has 0 spiro atoms. The lowest BCUT2D eigenvalue weighted by molar-refractivity contribution is -0.0668. The van der Waals surface area contributed by atoms with Gasteiger partial charge in [0.05, 0.1) is 11.8 Å². The number of benzene rings is 2. The normalized spacial score (nSPS) is 22.5. The lowest BCUT2D eigenvalue weighted by atomic mass is 9.85. The Labute approximate surface area is 219 Å². The number of nitrogens with zero attached hydrogens (tertiary/aromatic N) is 3. The summed E-state index contributed by atoms with van der Waals surface area (Å²) in [5, 5.41) is 0. The van der Waals surface area contributed by atoms with Crippen LogP contribution in [-0.2, 0) is 20.4 Å². The van der Waals surface area contributed by atoms with Gasteiger partial charge in [0, 0.05) is 44.4 Å². The summed E-state index contributed by atoms with van der Waals surface area (Å²) < 4.78 is 32.5. The lowest BCUT2D eigenvalue weighted by Crippen LogP contribution is -2.50. The average Bonchev–Trinajstić information content (AvgIpc) is 3.25. The number of rotatable bonds is 7. The first-order valence-corrected chi connectivity index (χ1v) is 14.4. The van der Waals surface area contributed by atoms with Crippen LogP contribution in [0.25, 0.3) is 11.1 Å². The molecule has 2 fully saturated rings. The molecule has 1 amide bonds. The van der Waals surface area contributed by atoms with Crippen molar-refractivity contribution in [2.75, 3.05) is 25.4 Å². The number of carbonyl (C=O) groups is 1. The summed E-state index contributed by atoms with van der Waals surface area (Å²) in [6, 6.07) is 21.8. The zero-order valence-corrected chi connectivity index (χ0v) is 22.2. The fraction of sp³-hybridized carbons (Fsp3) is 0.379. The van der Waals surface area contributed by atoms with Gasteiger partial charge in [-0.15, -0.1) is 0 Å². The fourth-order valence-electron chi connectivity index (χ4n) is 5.39. The van der Waals surface area contributed by atoms with Crippen LogP contribution >= 0.6 is 0 Å². The van der Waals surface area contributed by atoms with Crippen molar-refractivity contribution in [3.8, 4) is 11.1 Å². The van der Waals surface area contributed by atoms with Crippen LogP contribution in [0.5, 0.6) is 0 Å². The molecule has 3 heterocycles. The molecular weight excluding hydrogens is 486 g/mol. The van der Waals surface area contributed by atoms with Gasteiger partial charge >= 0.3 is 6.09 Å². The van der Waals surface area contributed by atoms with Gasteiger partial charge in [0.25, 0.3) is 0 Å². The Kier molecular flexibility index (Phi) is 7.05. The topological polar surface area (TPSA) is 79.8 Å². The molecule has 2 aliphatic heterocycles. The van der Waals surface area contributed by atoms with E-state index in [0.29, 0.717) is 38.9 Å². The highest BCUT2D eigenvalue weighted by Gasteiger charge is 2.44. The summed E-state index contributed by atoms with van der Waals surface area (Å²) in [6.45, 7) is 5.38. The van der Waals surface area contributed by atoms with Crippen molar-refractivity contribution in [1.82, 2.24) is 14.2 Å². The highest BCUT2D eigenvalue weighted by atomic mass is 32.2. The minimum atomic E-state index is -3.22. The molecule has 0 N–H and O–H groups in total. The van der Waals surface area contributed by atoms with Gasteiger partial charge in [0.1, 0.15) is 5.60 Å². The maximum Gasteiger partial charge on any atom is 0.411 e. The third-order valence-electron chi connectivity index (χ3n) is 7.63. The molecule has 0 saturated carbocycles. The molecule has 0 radical (unpaired) electrons. The van der Waals surface area contributed by atoms with Crippen molar-refractivity contribution in [2.24, 2.45) is 0 Å². The smallest absolute Gasteiger partial charge is 0.411 e. The minimum Gasteiger partial charge on any atom is -0.438 e. The third kappa shape index (κ3) is 5.26. The molecule has 2 aromatic carbocycles. The number of hydrogen-bond donors (Lipinski definition) is 0. The molecule has 7 nitrogen and oxygen atoms in total. The van der Waals surface area contributed by atoms with E-state index in [2.05, 4.69) is 35.3 Å². The summed E-state index contributed by atoms with van der Waals surface area (Å²) in [7, 11) is -3.22. The molecule has 1 aromatic heterocycles. The van der Waals surface area contributed by atoms with Crippen molar-refractivity contribution in [1.29, 1.82) is 0 Å². The quantitative estimate of drug-likeness (QED) is 0.424. The predicted molar refractivity (Wildman–Crippen MR) is 143 cm³/mol. The van der Waals surface area contributed by atoms with E-state index in [1.807, 2.05) is 56.4 Å². The van der Waals surface area contributed by atoms with Gasteiger partial charge in [0.15, 0.2) is 0 Å². The van der Waals surface area contributed by atoms with Crippen LogP contribution in [0.2, 0.25) is 0 Å². The van der Waals surface area contributed by atoms with E-state index in [1.165, 1.54) is 4.31 Å². The van der Waals surface area contributed by atoms with Crippen LogP contribution in [0.3, 0.4) is 0 Å². The van der Waals surface area contributed by atoms with Crippen molar-refractivity contribution in [3.63, 3.8) is 0 Å². The number of ether oxygens (including phenoxy) is 1. The monoisotopic (exact) mass is 519 g/mol. The van der Waals surface area contributed by atoms with E-state index in [4.69, 9.17) is 4.74 Å². The fourth-order valence-corrected chi connectivity index (χ4v) is 6.92. The van der Waals surface area contributed by atoms with Gasteiger partial charge < -0.3 is 9.64 Å². The summed E-state index contributed by atoms with van der Waals surface area (Å²) in [5.41, 5.74) is 4.26. The Bertz CT molecular complexity index is 1360. The van der Waals surface area contributed by atoms with Gasteiger partial charge in [-0.3, -0.25) is 4.98 Å². The molecular formula is C29H33N3O4S. The average molecular weight is 520 g/mol.